The number of β-lactam (4-membered cyclic amide) rings is 1. The van der Waals surface area contributed by atoms with Crippen LogP contribution >= 0.6 is 11.8 Å². The number of carbonyl (C=O) groups is 5. The number of hydrogen-bond acceptors (Lipinski definition) is 12. The van der Waals surface area contributed by atoms with Gasteiger partial charge in [0.25, 0.3) is 17.7 Å². The van der Waals surface area contributed by atoms with Crippen molar-refractivity contribution in [2.75, 3.05) is 50.5 Å². The van der Waals surface area contributed by atoms with Gasteiger partial charge >= 0.3 is 12.1 Å². The number of nitrogens with two attached hydrogens (primary N) is 1. The summed E-state index contributed by atoms with van der Waals surface area (Å²) in [6.07, 6.45) is 1.51. The van der Waals surface area contributed by atoms with E-state index in [4.69, 9.17) is 19.7 Å². The molecule has 2 atom stereocenters. The van der Waals surface area contributed by atoms with Gasteiger partial charge in [0.1, 0.15) is 42.2 Å². The number of carbonyl (C=O) groups excluding carboxylic acids is 4. The Morgan fingerprint density at radius 3 is 2.55 bits per heavy atom. The van der Waals surface area contributed by atoms with Crippen LogP contribution in [0.2, 0.25) is 0 Å². The van der Waals surface area contributed by atoms with Gasteiger partial charge in [-0.2, -0.15) is 0 Å². The summed E-state index contributed by atoms with van der Waals surface area (Å²) in [6, 6.07) is 4.55. The molecule has 3 aromatic rings. The zero-order valence-corrected chi connectivity index (χ0v) is 28.1. The fourth-order valence-corrected chi connectivity index (χ4v) is 7.55. The number of carboxylic acids is 1. The normalized spacial score (nSPS) is 19.1. The Labute approximate surface area is 292 Å². The van der Waals surface area contributed by atoms with Crippen LogP contribution in [0.1, 0.15) is 23.0 Å². The molecule has 4 N–H and O–H groups in total. The van der Waals surface area contributed by atoms with E-state index >= 15 is 4.39 Å². The average Bonchev–Trinajstić information content (AvgIpc) is 3.66. The third-order valence-corrected chi connectivity index (χ3v) is 10.0. The van der Waals surface area contributed by atoms with Gasteiger partial charge in [0.2, 0.25) is 11.1 Å². The molecule has 19 heteroatoms. The molecule has 3 aliphatic heterocycles. The fraction of sp³-hybridized carbons (Fsp3) is 0.344. The highest BCUT2D eigenvalue weighted by Gasteiger charge is 2.55. The van der Waals surface area contributed by atoms with E-state index in [9.17, 15) is 33.9 Å². The van der Waals surface area contributed by atoms with Crippen LogP contribution in [-0.2, 0) is 30.5 Å². The van der Waals surface area contributed by atoms with Crippen LogP contribution in [0, 0.1) is 5.82 Å². The molecule has 1 aromatic carbocycles. The summed E-state index contributed by atoms with van der Waals surface area (Å²) in [5, 5.41) is 15.1. The van der Waals surface area contributed by atoms with Gasteiger partial charge in [-0.05, 0) is 31.2 Å². The predicted molar refractivity (Wildman–Crippen MR) is 179 cm³/mol. The van der Waals surface area contributed by atoms with Crippen molar-refractivity contribution in [3.63, 3.8) is 0 Å². The third-order valence-electron chi connectivity index (χ3n) is 8.70. The molecule has 268 valence electrons. The second-order valence-electron chi connectivity index (χ2n) is 11.6. The summed E-state index contributed by atoms with van der Waals surface area (Å²) in [4.78, 5) is 85.8. The lowest BCUT2D eigenvalue weighted by atomic mass is 10.0. The molecule has 4 amide bonds. The summed E-state index contributed by atoms with van der Waals surface area (Å²) in [6.45, 7) is 2.33. The first kappa shape index (κ1) is 35.0. The first-order valence-electron chi connectivity index (χ1n) is 15.6. The van der Waals surface area contributed by atoms with Crippen LogP contribution in [0.15, 0.2) is 62.4 Å². The highest BCUT2D eigenvalue weighted by atomic mass is 32.2. The van der Waals surface area contributed by atoms with Gasteiger partial charge in [-0.25, -0.2) is 14.0 Å². The predicted octanol–water partition coefficient (Wildman–Crippen LogP) is 0.900. The van der Waals surface area contributed by atoms with E-state index in [0.717, 1.165) is 6.07 Å². The number of pyridine rings is 1. The second-order valence-corrected chi connectivity index (χ2v) is 12.7. The number of nitrogens with zero attached hydrogens (tertiary/aromatic N) is 5. The average molecular weight is 726 g/mol. The van der Waals surface area contributed by atoms with Gasteiger partial charge in [-0.3, -0.25) is 24.1 Å². The van der Waals surface area contributed by atoms with Crippen LogP contribution < -0.4 is 21.4 Å². The molecule has 0 unspecified atom stereocenters. The number of fused-ring (bicyclic) bond motifs is 2. The lowest BCUT2D eigenvalue weighted by Crippen LogP contribution is -2.71. The van der Waals surface area contributed by atoms with E-state index in [1.165, 1.54) is 53.3 Å². The molecule has 0 saturated carbocycles. The number of carboxylic acid groups (broad SMARTS) is 1. The van der Waals surface area contributed by atoms with Crippen molar-refractivity contribution in [3.8, 4) is 0 Å². The van der Waals surface area contributed by atoms with Crippen LogP contribution in [0.5, 0.6) is 0 Å². The molecule has 5 heterocycles. The number of aromatic carboxylic acids is 1. The number of hydrogen-bond donors (Lipinski definition) is 3. The van der Waals surface area contributed by atoms with E-state index < -0.39 is 58.0 Å². The second kappa shape index (κ2) is 14.2. The van der Waals surface area contributed by atoms with Gasteiger partial charge in [-0.1, -0.05) is 5.16 Å². The number of halogens is 1. The van der Waals surface area contributed by atoms with Crippen molar-refractivity contribution < 1.29 is 47.5 Å². The minimum atomic E-state index is -1.41. The summed E-state index contributed by atoms with van der Waals surface area (Å²) in [7, 11) is 1.25. The number of aromatic nitrogens is 1. The topological polar surface area (TPSA) is 219 Å². The number of anilines is 1. The smallest absolute Gasteiger partial charge is 0.404 e. The molecule has 51 heavy (non-hydrogen) atoms. The highest BCUT2D eigenvalue weighted by molar-refractivity contribution is 8.00. The van der Waals surface area contributed by atoms with Gasteiger partial charge in [0.15, 0.2) is 5.76 Å². The van der Waals surface area contributed by atoms with Crippen molar-refractivity contribution in [1.29, 1.82) is 0 Å². The number of primary amides is 1. The Morgan fingerprint density at radius 2 is 1.92 bits per heavy atom. The summed E-state index contributed by atoms with van der Waals surface area (Å²) < 4.78 is 27.3. The van der Waals surface area contributed by atoms with Crippen molar-refractivity contribution in [2.45, 2.75) is 24.9 Å². The molecule has 6 rings (SSSR count). The number of ether oxygens (including phenoxy) is 1. The van der Waals surface area contributed by atoms with Crippen molar-refractivity contribution in [3.05, 3.63) is 75.4 Å². The number of piperazine rings is 1. The lowest BCUT2D eigenvalue weighted by molar-refractivity contribution is -0.148. The van der Waals surface area contributed by atoms with Gasteiger partial charge in [0, 0.05) is 55.6 Å². The maximum atomic E-state index is 15.5. The zero-order chi connectivity index (χ0) is 36.6. The maximum Gasteiger partial charge on any atom is 0.404 e. The molecule has 2 saturated heterocycles. The van der Waals surface area contributed by atoms with Crippen LogP contribution in [0.4, 0.5) is 14.9 Å². The monoisotopic (exact) mass is 725 g/mol. The van der Waals surface area contributed by atoms with E-state index in [-0.39, 0.29) is 66.8 Å². The molecule has 2 fully saturated rings. The molecule has 0 aliphatic carbocycles. The molecule has 0 bridgehead atoms. The molecule has 0 radical (unpaired) electrons. The highest BCUT2D eigenvalue weighted by Crippen LogP contribution is 2.41. The Bertz CT molecular complexity index is 2060. The van der Waals surface area contributed by atoms with E-state index in [0.29, 0.717) is 17.6 Å². The van der Waals surface area contributed by atoms with E-state index in [1.807, 2.05) is 0 Å². The SMILES string of the molecule is CCn1cc(C(=O)O)c(=O)c2cc(F)c(N3CCN(C(=O)C4=C(COC(N)=O)CS[C@@H]5[C@H](NC(=O)/C(=N/OC)c6ccco6)C(=O)N45)CC3)cc21. The minimum Gasteiger partial charge on any atom is -0.477 e. The third kappa shape index (κ3) is 6.46. The quantitative estimate of drug-likeness (QED) is 0.151. The Hall–Kier alpha value is -5.85. The summed E-state index contributed by atoms with van der Waals surface area (Å²) in [5.41, 5.74) is 4.61. The number of rotatable bonds is 10. The van der Waals surface area contributed by atoms with Crippen LogP contribution in [-0.4, -0.2) is 112 Å². The van der Waals surface area contributed by atoms with Gasteiger partial charge in [0.05, 0.1) is 17.5 Å². The number of benzene rings is 1. The van der Waals surface area contributed by atoms with Crippen molar-refractivity contribution >= 4 is 63.8 Å². The Morgan fingerprint density at radius 1 is 1.18 bits per heavy atom. The van der Waals surface area contributed by atoms with Crippen LogP contribution in [0.25, 0.3) is 10.9 Å². The number of thioether (sulfide) groups is 1. The minimum absolute atomic E-state index is 0.00107. The molecular formula is C32H32FN7O10S. The number of aryl methyl sites for hydroxylation is 1. The first-order valence-corrected chi connectivity index (χ1v) is 16.7. The van der Waals surface area contributed by atoms with Crippen LogP contribution in [0.3, 0.4) is 0 Å². The first-order chi connectivity index (χ1) is 24.4. The molecular weight excluding hydrogens is 693 g/mol. The zero-order valence-electron chi connectivity index (χ0n) is 27.3. The Kier molecular flexibility index (Phi) is 9.73. The lowest BCUT2D eigenvalue weighted by Gasteiger charge is -2.50. The van der Waals surface area contributed by atoms with Crippen molar-refractivity contribution in [2.24, 2.45) is 10.9 Å². The van der Waals surface area contributed by atoms with E-state index in [1.54, 1.807) is 22.5 Å². The summed E-state index contributed by atoms with van der Waals surface area (Å²) >= 11 is 1.25. The largest absolute Gasteiger partial charge is 0.477 e. The van der Waals surface area contributed by atoms with E-state index in [2.05, 4.69) is 10.5 Å². The standard InChI is InChI=1S/C32H32FN7O10S/c1-3-37-13-18(31(45)46)26(41)17-11-19(33)21(12-20(17)37)38-6-8-39(9-7-38)29(44)25-16(14-50-32(34)47)15-51-30-24(28(43)40(25)30)35-27(42)23(36-48-2)22-5-4-10-49-22/h4-5,10-13,24,30H,3,6-9,14-15H2,1-2H3,(H2,34,47)(H,35,42)(H,45,46)/b36-23+/t24-,30-/m1/s1. The number of oxime groups is 1. The van der Waals surface area contributed by atoms with Gasteiger partial charge in [-0.15, -0.1) is 11.8 Å². The maximum absolute atomic E-state index is 15.5. The molecule has 2 aromatic heterocycles. The molecule has 0 spiro atoms. The molecule has 17 nitrogen and oxygen atoms in total. The van der Waals surface area contributed by atoms with Gasteiger partial charge < -0.3 is 44.5 Å². The Balaban J connectivity index is 1.21. The molecule has 3 aliphatic rings. The number of furan rings is 1. The fourth-order valence-electron chi connectivity index (χ4n) is 6.22. The number of amides is 4. The summed E-state index contributed by atoms with van der Waals surface area (Å²) in [5.74, 6) is -3.69. The van der Waals surface area contributed by atoms with Crippen molar-refractivity contribution in [1.82, 2.24) is 19.7 Å². The number of nitrogens with one attached hydrogen (secondary N) is 1.